The third kappa shape index (κ3) is 3.82. The largest absolute Gasteiger partial charge is 0.330 e. The van der Waals surface area contributed by atoms with Crippen LogP contribution in [0.15, 0.2) is 72.8 Å². The van der Waals surface area contributed by atoms with Crippen LogP contribution in [0.3, 0.4) is 0 Å². The Bertz CT molecular complexity index is 575. The van der Waals surface area contributed by atoms with E-state index in [1.165, 1.54) is 0 Å². The number of hydrogen-bond acceptors (Lipinski definition) is 1. The molecule has 0 aliphatic heterocycles. The SMILES string of the molecule is C=C(C)CN(Cc1ccccc1)C(=O)c1ccccc1. The summed E-state index contributed by atoms with van der Waals surface area (Å²) in [6, 6.07) is 19.4. The standard InChI is InChI=1S/C18H19NO/c1-15(2)13-19(14-16-9-5-3-6-10-16)18(20)17-11-7-4-8-12-17/h3-12H,1,13-14H2,2H3. The second-order valence-electron chi connectivity index (χ2n) is 4.97. The van der Waals surface area contributed by atoms with E-state index in [0.29, 0.717) is 18.7 Å². The molecule has 20 heavy (non-hydrogen) atoms. The first-order valence-corrected chi connectivity index (χ1v) is 6.69. The Hall–Kier alpha value is -2.35. The van der Waals surface area contributed by atoms with Gasteiger partial charge < -0.3 is 4.90 Å². The van der Waals surface area contributed by atoms with E-state index < -0.39 is 0 Å². The molecule has 0 fully saturated rings. The van der Waals surface area contributed by atoms with Crippen molar-refractivity contribution in [3.8, 4) is 0 Å². The van der Waals surface area contributed by atoms with Crippen LogP contribution < -0.4 is 0 Å². The Morgan fingerprint density at radius 3 is 2.10 bits per heavy atom. The van der Waals surface area contributed by atoms with Crippen LogP contribution >= 0.6 is 0 Å². The van der Waals surface area contributed by atoms with Crippen molar-refractivity contribution in [1.29, 1.82) is 0 Å². The molecule has 2 aromatic rings. The zero-order chi connectivity index (χ0) is 14.4. The molecule has 2 nitrogen and oxygen atoms in total. The molecule has 2 aromatic carbocycles. The summed E-state index contributed by atoms with van der Waals surface area (Å²) in [5.41, 5.74) is 2.81. The lowest BCUT2D eigenvalue weighted by Gasteiger charge is -2.23. The summed E-state index contributed by atoms with van der Waals surface area (Å²) in [6.45, 7) is 7.03. The molecular weight excluding hydrogens is 246 g/mol. The van der Waals surface area contributed by atoms with Gasteiger partial charge in [-0.25, -0.2) is 0 Å². The summed E-state index contributed by atoms with van der Waals surface area (Å²) in [4.78, 5) is 14.4. The Labute approximate surface area is 120 Å². The van der Waals surface area contributed by atoms with Gasteiger partial charge in [-0.05, 0) is 24.6 Å². The average molecular weight is 265 g/mol. The van der Waals surface area contributed by atoms with Crippen molar-refractivity contribution in [2.75, 3.05) is 6.54 Å². The van der Waals surface area contributed by atoms with E-state index in [4.69, 9.17) is 0 Å². The number of hydrogen-bond donors (Lipinski definition) is 0. The Morgan fingerprint density at radius 2 is 1.55 bits per heavy atom. The average Bonchev–Trinajstić information content (AvgIpc) is 2.47. The highest BCUT2D eigenvalue weighted by Crippen LogP contribution is 2.11. The molecule has 0 unspecified atom stereocenters. The van der Waals surface area contributed by atoms with Gasteiger partial charge in [0.15, 0.2) is 0 Å². The highest BCUT2D eigenvalue weighted by Gasteiger charge is 2.15. The molecule has 0 N–H and O–H groups in total. The Balaban J connectivity index is 2.19. The van der Waals surface area contributed by atoms with E-state index in [2.05, 4.69) is 6.58 Å². The molecule has 0 aliphatic rings. The quantitative estimate of drug-likeness (QED) is 0.751. The molecule has 1 amide bonds. The van der Waals surface area contributed by atoms with Crippen LogP contribution in [0.25, 0.3) is 0 Å². The van der Waals surface area contributed by atoms with Gasteiger partial charge in [-0.15, -0.1) is 0 Å². The monoisotopic (exact) mass is 265 g/mol. The normalized spacial score (nSPS) is 10.1. The van der Waals surface area contributed by atoms with Crippen LogP contribution in [0, 0.1) is 0 Å². The Morgan fingerprint density at radius 1 is 1.00 bits per heavy atom. The lowest BCUT2D eigenvalue weighted by atomic mass is 10.1. The van der Waals surface area contributed by atoms with Crippen LogP contribution in [-0.4, -0.2) is 17.4 Å². The second kappa shape index (κ2) is 6.71. The topological polar surface area (TPSA) is 20.3 Å². The van der Waals surface area contributed by atoms with Crippen molar-refractivity contribution >= 4 is 5.91 Å². The third-order valence-corrected chi connectivity index (χ3v) is 2.98. The maximum atomic E-state index is 12.6. The maximum Gasteiger partial charge on any atom is 0.254 e. The fraction of sp³-hybridized carbons (Fsp3) is 0.167. The number of rotatable bonds is 5. The first-order chi connectivity index (χ1) is 9.66. The summed E-state index contributed by atoms with van der Waals surface area (Å²) in [5, 5.41) is 0. The number of benzene rings is 2. The maximum absolute atomic E-state index is 12.6. The first-order valence-electron chi connectivity index (χ1n) is 6.69. The molecule has 2 heteroatoms. The Kier molecular flexibility index (Phi) is 4.72. The summed E-state index contributed by atoms with van der Waals surface area (Å²) in [5.74, 6) is 0.0393. The summed E-state index contributed by atoms with van der Waals surface area (Å²) < 4.78 is 0. The molecule has 2 rings (SSSR count). The van der Waals surface area contributed by atoms with Crippen molar-refractivity contribution in [3.63, 3.8) is 0 Å². The van der Waals surface area contributed by atoms with Crippen molar-refractivity contribution in [1.82, 2.24) is 4.90 Å². The molecule has 0 aliphatic carbocycles. The van der Waals surface area contributed by atoms with Crippen molar-refractivity contribution in [2.24, 2.45) is 0 Å². The van der Waals surface area contributed by atoms with Gasteiger partial charge in [0.2, 0.25) is 0 Å². The van der Waals surface area contributed by atoms with Crippen molar-refractivity contribution in [2.45, 2.75) is 13.5 Å². The van der Waals surface area contributed by atoms with Crippen LogP contribution in [-0.2, 0) is 6.54 Å². The number of amides is 1. The van der Waals surface area contributed by atoms with Crippen LogP contribution in [0.5, 0.6) is 0 Å². The number of carbonyl (C=O) groups is 1. The van der Waals surface area contributed by atoms with Crippen LogP contribution in [0.4, 0.5) is 0 Å². The van der Waals surface area contributed by atoms with E-state index in [9.17, 15) is 4.79 Å². The van der Waals surface area contributed by atoms with E-state index >= 15 is 0 Å². The van der Waals surface area contributed by atoms with Gasteiger partial charge in [-0.2, -0.15) is 0 Å². The van der Waals surface area contributed by atoms with E-state index in [1.54, 1.807) is 0 Å². The van der Waals surface area contributed by atoms with Crippen molar-refractivity contribution in [3.05, 3.63) is 83.9 Å². The minimum absolute atomic E-state index is 0.0393. The molecule has 0 atom stereocenters. The summed E-state index contributed by atoms with van der Waals surface area (Å²) in [6.07, 6.45) is 0. The van der Waals surface area contributed by atoms with Gasteiger partial charge >= 0.3 is 0 Å². The van der Waals surface area contributed by atoms with Crippen LogP contribution in [0.2, 0.25) is 0 Å². The minimum atomic E-state index is 0.0393. The lowest BCUT2D eigenvalue weighted by Crippen LogP contribution is -2.31. The fourth-order valence-corrected chi connectivity index (χ4v) is 2.09. The molecule has 0 saturated carbocycles. The molecular formula is C18H19NO. The second-order valence-corrected chi connectivity index (χ2v) is 4.97. The predicted molar refractivity (Wildman–Crippen MR) is 82.4 cm³/mol. The summed E-state index contributed by atoms with van der Waals surface area (Å²) in [7, 11) is 0. The molecule has 0 saturated heterocycles. The fourth-order valence-electron chi connectivity index (χ4n) is 2.09. The summed E-state index contributed by atoms with van der Waals surface area (Å²) >= 11 is 0. The van der Waals surface area contributed by atoms with E-state index in [-0.39, 0.29) is 5.91 Å². The number of nitrogens with zero attached hydrogens (tertiary/aromatic N) is 1. The molecule has 0 radical (unpaired) electrons. The smallest absolute Gasteiger partial charge is 0.254 e. The molecule has 0 heterocycles. The van der Waals surface area contributed by atoms with Crippen molar-refractivity contribution < 1.29 is 4.79 Å². The van der Waals surface area contributed by atoms with Gasteiger partial charge in [-0.1, -0.05) is 60.7 Å². The highest BCUT2D eigenvalue weighted by atomic mass is 16.2. The van der Waals surface area contributed by atoms with Gasteiger partial charge in [0.25, 0.3) is 5.91 Å². The molecule has 0 aromatic heterocycles. The number of carbonyl (C=O) groups excluding carboxylic acids is 1. The molecule has 0 spiro atoms. The lowest BCUT2D eigenvalue weighted by molar-refractivity contribution is 0.0758. The zero-order valence-electron chi connectivity index (χ0n) is 11.8. The van der Waals surface area contributed by atoms with E-state index in [0.717, 1.165) is 11.1 Å². The molecule has 102 valence electrons. The van der Waals surface area contributed by atoms with Gasteiger partial charge in [0.1, 0.15) is 0 Å². The highest BCUT2D eigenvalue weighted by molar-refractivity contribution is 5.94. The third-order valence-electron chi connectivity index (χ3n) is 2.98. The van der Waals surface area contributed by atoms with Gasteiger partial charge in [-0.3, -0.25) is 4.79 Å². The van der Waals surface area contributed by atoms with Crippen LogP contribution in [0.1, 0.15) is 22.8 Å². The first kappa shape index (κ1) is 14.1. The minimum Gasteiger partial charge on any atom is -0.330 e. The van der Waals surface area contributed by atoms with Gasteiger partial charge in [0, 0.05) is 18.7 Å². The van der Waals surface area contributed by atoms with E-state index in [1.807, 2.05) is 72.5 Å². The van der Waals surface area contributed by atoms with Gasteiger partial charge in [0.05, 0.1) is 0 Å². The predicted octanol–water partition coefficient (Wildman–Crippen LogP) is 3.91. The molecule has 0 bridgehead atoms. The zero-order valence-corrected chi connectivity index (χ0v) is 11.8.